The van der Waals surface area contributed by atoms with Gasteiger partial charge in [-0.05, 0) is 61.4 Å². The molecule has 0 radical (unpaired) electrons. The van der Waals surface area contributed by atoms with Gasteiger partial charge in [0.15, 0.2) is 17.6 Å². The average Bonchev–Trinajstić information content (AvgIpc) is 3.60. The van der Waals surface area contributed by atoms with Crippen LogP contribution in [0.2, 0.25) is 0 Å². The summed E-state index contributed by atoms with van der Waals surface area (Å²) in [4.78, 5) is 54.3. The van der Waals surface area contributed by atoms with Crippen LogP contribution in [0.3, 0.4) is 0 Å². The molecular formula is C32H28N6O5. The SMILES string of the molecule is O=C(N[C@H](C(=O)O)c1c[nH]c2ccc(O)cc12)c1ccc2c(c1)nc(-c1nc3ccccc3[nH]c1=O)n2C1CCCCC1. The van der Waals surface area contributed by atoms with Crippen molar-refractivity contribution in [3.8, 4) is 17.3 Å². The summed E-state index contributed by atoms with van der Waals surface area (Å²) in [5.41, 5.74) is 3.59. The highest BCUT2D eigenvalue weighted by molar-refractivity contribution is 6.01. The number of fused-ring (bicyclic) bond motifs is 3. The largest absolute Gasteiger partial charge is 0.508 e. The average molecular weight is 577 g/mol. The standard InChI is InChI=1S/C32H28N6O5/c39-19-11-12-22-20(15-19)21(16-33-22)27(32(42)43)37-30(40)17-10-13-26-25(14-17)35-29(38(26)18-6-2-1-3-7-18)28-31(41)36-24-9-5-4-8-23(24)34-28/h4-5,8-16,18,27,33,39H,1-3,6-7H2,(H,36,41)(H,37,40)(H,42,43)/t27-/m0/s1. The number of carbonyl (C=O) groups excluding carboxylic acids is 1. The molecule has 0 saturated heterocycles. The van der Waals surface area contributed by atoms with Gasteiger partial charge in [0.25, 0.3) is 11.5 Å². The molecule has 3 aromatic carbocycles. The first-order valence-corrected chi connectivity index (χ1v) is 14.2. The van der Waals surface area contributed by atoms with Crippen LogP contribution in [0.15, 0.2) is 71.7 Å². The highest BCUT2D eigenvalue weighted by Gasteiger charge is 2.28. The van der Waals surface area contributed by atoms with E-state index in [1.165, 1.54) is 18.3 Å². The van der Waals surface area contributed by atoms with Crippen molar-refractivity contribution in [1.29, 1.82) is 0 Å². The summed E-state index contributed by atoms with van der Waals surface area (Å²) < 4.78 is 2.07. The van der Waals surface area contributed by atoms with Crippen molar-refractivity contribution in [3.05, 3.63) is 88.3 Å². The minimum atomic E-state index is -1.37. The van der Waals surface area contributed by atoms with Gasteiger partial charge in [-0.1, -0.05) is 31.4 Å². The van der Waals surface area contributed by atoms with Crippen LogP contribution in [0.4, 0.5) is 0 Å². The molecule has 1 aliphatic rings. The molecule has 216 valence electrons. The predicted molar refractivity (Wildman–Crippen MR) is 161 cm³/mol. The number of aromatic nitrogens is 5. The molecule has 1 fully saturated rings. The summed E-state index contributed by atoms with van der Waals surface area (Å²) in [6.07, 6.45) is 6.66. The number of aromatic amines is 2. The molecule has 11 heteroatoms. The summed E-state index contributed by atoms with van der Waals surface area (Å²) in [6.45, 7) is 0. The minimum Gasteiger partial charge on any atom is -0.508 e. The highest BCUT2D eigenvalue weighted by atomic mass is 16.4. The van der Waals surface area contributed by atoms with E-state index in [4.69, 9.17) is 4.98 Å². The van der Waals surface area contributed by atoms with Crippen molar-refractivity contribution < 1.29 is 19.8 Å². The van der Waals surface area contributed by atoms with Gasteiger partial charge in [-0.2, -0.15) is 0 Å². The first-order valence-electron chi connectivity index (χ1n) is 14.2. The van der Waals surface area contributed by atoms with Gasteiger partial charge in [0, 0.05) is 34.3 Å². The summed E-state index contributed by atoms with van der Waals surface area (Å²) in [5, 5.41) is 23.1. The lowest BCUT2D eigenvalue weighted by atomic mass is 9.95. The van der Waals surface area contributed by atoms with Crippen LogP contribution in [0.1, 0.15) is 60.1 Å². The normalized spacial score (nSPS) is 14.8. The third-order valence-corrected chi connectivity index (χ3v) is 8.23. The number of aliphatic carboxylic acids is 1. The number of H-pyrrole nitrogens is 2. The van der Waals surface area contributed by atoms with Crippen LogP contribution in [0.25, 0.3) is 44.5 Å². The van der Waals surface area contributed by atoms with E-state index in [9.17, 15) is 24.6 Å². The van der Waals surface area contributed by atoms with E-state index in [-0.39, 0.29) is 28.6 Å². The number of nitrogens with one attached hydrogen (secondary N) is 3. The molecule has 5 N–H and O–H groups in total. The van der Waals surface area contributed by atoms with Crippen LogP contribution in [-0.2, 0) is 4.79 Å². The first-order chi connectivity index (χ1) is 20.9. The van der Waals surface area contributed by atoms with Gasteiger partial charge < -0.3 is 30.1 Å². The Labute approximate surface area is 244 Å². The molecule has 0 bridgehead atoms. The number of rotatable bonds is 6. The summed E-state index contributed by atoms with van der Waals surface area (Å²) in [7, 11) is 0. The number of para-hydroxylation sites is 2. The van der Waals surface area contributed by atoms with Gasteiger partial charge in [0.2, 0.25) is 0 Å². The molecule has 0 aliphatic heterocycles. The Balaban J connectivity index is 1.30. The van der Waals surface area contributed by atoms with E-state index >= 15 is 0 Å². The molecule has 1 aliphatic carbocycles. The minimum absolute atomic E-state index is 0.0154. The van der Waals surface area contributed by atoms with Crippen molar-refractivity contribution in [3.63, 3.8) is 0 Å². The first kappa shape index (κ1) is 26.4. The maximum absolute atomic E-state index is 13.4. The summed E-state index contributed by atoms with van der Waals surface area (Å²) >= 11 is 0. The Morgan fingerprint density at radius 2 is 1.77 bits per heavy atom. The van der Waals surface area contributed by atoms with E-state index < -0.39 is 17.9 Å². The molecular weight excluding hydrogens is 548 g/mol. The second-order valence-electron chi connectivity index (χ2n) is 11.0. The molecule has 6 aromatic rings. The van der Waals surface area contributed by atoms with E-state index in [0.29, 0.717) is 38.8 Å². The number of benzene rings is 3. The fourth-order valence-corrected chi connectivity index (χ4v) is 6.15. The monoisotopic (exact) mass is 576 g/mol. The third-order valence-electron chi connectivity index (χ3n) is 8.23. The number of phenols is 1. The molecule has 3 heterocycles. The van der Waals surface area contributed by atoms with Crippen molar-refractivity contribution in [2.45, 2.75) is 44.2 Å². The quantitative estimate of drug-likeness (QED) is 0.182. The number of aromatic hydroxyl groups is 1. The third kappa shape index (κ3) is 4.68. The molecule has 7 rings (SSSR count). The Bertz CT molecular complexity index is 2100. The number of amides is 1. The number of carboxylic acids is 1. The second kappa shape index (κ2) is 10.4. The van der Waals surface area contributed by atoms with Crippen LogP contribution in [0, 0.1) is 0 Å². The Kier molecular flexibility index (Phi) is 6.42. The highest BCUT2D eigenvalue weighted by Crippen LogP contribution is 2.35. The van der Waals surface area contributed by atoms with Crippen molar-refractivity contribution in [1.82, 2.24) is 29.8 Å². The molecule has 1 atom stereocenters. The summed E-state index contributed by atoms with van der Waals surface area (Å²) in [5.74, 6) is -1.42. The molecule has 11 nitrogen and oxygen atoms in total. The van der Waals surface area contributed by atoms with Crippen molar-refractivity contribution in [2.24, 2.45) is 0 Å². The maximum Gasteiger partial charge on any atom is 0.331 e. The number of imidazole rings is 1. The van der Waals surface area contributed by atoms with Crippen LogP contribution >= 0.6 is 0 Å². The Morgan fingerprint density at radius 3 is 2.58 bits per heavy atom. The van der Waals surface area contributed by atoms with E-state index in [0.717, 1.165) is 37.6 Å². The van der Waals surface area contributed by atoms with Crippen molar-refractivity contribution >= 4 is 44.8 Å². The lowest BCUT2D eigenvalue weighted by molar-refractivity contribution is -0.139. The number of nitrogens with zero attached hydrogens (tertiary/aromatic N) is 3. The smallest absolute Gasteiger partial charge is 0.331 e. The molecule has 0 unspecified atom stereocenters. The van der Waals surface area contributed by atoms with E-state index in [1.807, 2.05) is 18.2 Å². The van der Waals surface area contributed by atoms with E-state index in [1.54, 1.807) is 30.3 Å². The fourth-order valence-electron chi connectivity index (χ4n) is 6.15. The van der Waals surface area contributed by atoms with Gasteiger partial charge in [-0.15, -0.1) is 0 Å². The van der Waals surface area contributed by atoms with Crippen LogP contribution < -0.4 is 10.9 Å². The lowest BCUT2D eigenvalue weighted by Gasteiger charge is -2.25. The van der Waals surface area contributed by atoms with Gasteiger partial charge >= 0.3 is 5.97 Å². The molecule has 0 spiro atoms. The molecule has 1 saturated carbocycles. The van der Waals surface area contributed by atoms with Crippen LogP contribution in [0.5, 0.6) is 5.75 Å². The zero-order valence-corrected chi connectivity index (χ0v) is 23.0. The maximum atomic E-state index is 13.4. The zero-order chi connectivity index (χ0) is 29.7. The number of phenolic OH excluding ortho intramolecular Hbond substituents is 1. The summed E-state index contributed by atoms with van der Waals surface area (Å²) in [6, 6.07) is 15.7. The van der Waals surface area contributed by atoms with Crippen LogP contribution in [-0.4, -0.2) is 46.6 Å². The van der Waals surface area contributed by atoms with Gasteiger partial charge in [0.1, 0.15) is 5.75 Å². The topological polar surface area (TPSA) is 166 Å². The Hall–Kier alpha value is -5.45. The zero-order valence-electron chi connectivity index (χ0n) is 23.0. The number of hydrogen-bond acceptors (Lipinski definition) is 6. The van der Waals surface area contributed by atoms with Gasteiger partial charge in [-0.25, -0.2) is 14.8 Å². The predicted octanol–water partition coefficient (Wildman–Crippen LogP) is 5.19. The number of carboxylic acid groups (broad SMARTS) is 1. The lowest BCUT2D eigenvalue weighted by Crippen LogP contribution is -2.33. The van der Waals surface area contributed by atoms with Gasteiger partial charge in [-0.3, -0.25) is 9.59 Å². The molecule has 43 heavy (non-hydrogen) atoms. The van der Waals surface area contributed by atoms with Gasteiger partial charge in [0.05, 0.1) is 22.1 Å². The fraction of sp³-hybridized carbons (Fsp3) is 0.219. The molecule has 1 amide bonds. The van der Waals surface area contributed by atoms with E-state index in [2.05, 4.69) is 24.8 Å². The number of carbonyl (C=O) groups is 2. The Morgan fingerprint density at radius 1 is 0.953 bits per heavy atom. The second-order valence-corrected chi connectivity index (χ2v) is 11.0. The van der Waals surface area contributed by atoms with Crippen molar-refractivity contribution in [2.75, 3.05) is 0 Å². The molecule has 3 aromatic heterocycles. The number of hydrogen-bond donors (Lipinski definition) is 5.